The van der Waals surface area contributed by atoms with E-state index in [1.165, 1.54) is 32.1 Å². The lowest BCUT2D eigenvalue weighted by Crippen LogP contribution is -2.30. The summed E-state index contributed by atoms with van der Waals surface area (Å²) in [6.07, 6.45) is 8.44. The first-order valence-corrected chi connectivity index (χ1v) is 6.49. The summed E-state index contributed by atoms with van der Waals surface area (Å²) in [6, 6.07) is 6.18. The number of nitrogens with two attached hydrogens (primary N) is 1. The second kappa shape index (κ2) is 5.44. The summed E-state index contributed by atoms with van der Waals surface area (Å²) in [4.78, 5) is 4.40. The highest BCUT2D eigenvalue weighted by molar-refractivity contribution is 5.10. The van der Waals surface area contributed by atoms with Crippen LogP contribution in [0.2, 0.25) is 0 Å². The van der Waals surface area contributed by atoms with E-state index in [0.717, 1.165) is 11.6 Å². The molecule has 0 amide bonds. The van der Waals surface area contributed by atoms with Crippen LogP contribution in [0.3, 0.4) is 0 Å². The molecule has 2 nitrogen and oxygen atoms in total. The zero-order valence-electron chi connectivity index (χ0n) is 10.1. The van der Waals surface area contributed by atoms with Gasteiger partial charge in [0.25, 0.3) is 0 Å². The molecule has 0 saturated heterocycles. The van der Waals surface area contributed by atoms with Gasteiger partial charge in [-0.3, -0.25) is 4.98 Å². The van der Waals surface area contributed by atoms with Gasteiger partial charge >= 0.3 is 0 Å². The molecule has 1 fully saturated rings. The van der Waals surface area contributed by atoms with Gasteiger partial charge in [0.05, 0.1) is 11.7 Å². The minimum Gasteiger partial charge on any atom is -0.322 e. The average molecular weight is 218 g/mol. The number of pyridine rings is 1. The van der Waals surface area contributed by atoms with E-state index in [1.807, 2.05) is 18.3 Å². The Balaban J connectivity index is 2.10. The molecule has 0 aromatic carbocycles. The number of hydrogen-bond donors (Lipinski definition) is 1. The summed E-state index contributed by atoms with van der Waals surface area (Å²) < 4.78 is 0. The van der Waals surface area contributed by atoms with Gasteiger partial charge in [-0.25, -0.2) is 0 Å². The standard InChI is InChI=1S/C14H22N2/c1-2-11-7-3-4-8-12(11)14(15)13-9-5-6-10-16-13/h5-6,9-12,14H,2-4,7-8,15H2,1H3. The van der Waals surface area contributed by atoms with Crippen LogP contribution >= 0.6 is 0 Å². The third-order valence-electron chi connectivity index (χ3n) is 3.98. The normalized spacial score (nSPS) is 27.6. The molecule has 2 rings (SSSR count). The number of aromatic nitrogens is 1. The van der Waals surface area contributed by atoms with E-state index >= 15 is 0 Å². The Labute approximate surface area is 98.3 Å². The second-order valence-corrected chi connectivity index (χ2v) is 4.90. The van der Waals surface area contributed by atoms with Crippen molar-refractivity contribution >= 4 is 0 Å². The van der Waals surface area contributed by atoms with Crippen LogP contribution in [0.5, 0.6) is 0 Å². The molecule has 3 unspecified atom stereocenters. The summed E-state index contributed by atoms with van der Waals surface area (Å²) in [7, 11) is 0. The van der Waals surface area contributed by atoms with Crippen molar-refractivity contribution in [2.24, 2.45) is 17.6 Å². The van der Waals surface area contributed by atoms with Crippen LogP contribution in [0.15, 0.2) is 24.4 Å². The van der Waals surface area contributed by atoms with Crippen molar-refractivity contribution in [2.45, 2.75) is 45.1 Å². The SMILES string of the molecule is CCC1CCCCC1C(N)c1ccccn1. The molecule has 1 heterocycles. The highest BCUT2D eigenvalue weighted by Crippen LogP contribution is 2.38. The smallest absolute Gasteiger partial charge is 0.0573 e. The lowest BCUT2D eigenvalue weighted by atomic mass is 9.73. The van der Waals surface area contributed by atoms with Gasteiger partial charge in [-0.15, -0.1) is 0 Å². The van der Waals surface area contributed by atoms with Gasteiger partial charge in [-0.2, -0.15) is 0 Å². The summed E-state index contributed by atoms with van der Waals surface area (Å²) in [5.41, 5.74) is 7.44. The van der Waals surface area contributed by atoms with E-state index in [-0.39, 0.29) is 6.04 Å². The predicted octanol–water partition coefficient (Wildman–Crippen LogP) is 3.30. The molecule has 0 aliphatic heterocycles. The van der Waals surface area contributed by atoms with Crippen LogP contribution in [0, 0.1) is 11.8 Å². The Morgan fingerprint density at radius 3 is 2.88 bits per heavy atom. The third kappa shape index (κ3) is 2.43. The van der Waals surface area contributed by atoms with E-state index in [1.54, 1.807) is 0 Å². The molecule has 0 spiro atoms. The van der Waals surface area contributed by atoms with Gasteiger partial charge in [0, 0.05) is 6.20 Å². The van der Waals surface area contributed by atoms with E-state index in [2.05, 4.69) is 18.0 Å². The quantitative estimate of drug-likeness (QED) is 0.845. The van der Waals surface area contributed by atoms with Crippen LogP contribution < -0.4 is 5.73 Å². The zero-order chi connectivity index (χ0) is 11.4. The fourth-order valence-corrected chi connectivity index (χ4v) is 3.01. The maximum Gasteiger partial charge on any atom is 0.0573 e. The van der Waals surface area contributed by atoms with Gasteiger partial charge < -0.3 is 5.73 Å². The summed E-state index contributed by atoms with van der Waals surface area (Å²) >= 11 is 0. The largest absolute Gasteiger partial charge is 0.322 e. The van der Waals surface area contributed by atoms with Crippen LogP contribution in [0.4, 0.5) is 0 Å². The number of hydrogen-bond acceptors (Lipinski definition) is 2. The monoisotopic (exact) mass is 218 g/mol. The van der Waals surface area contributed by atoms with Crippen molar-refractivity contribution in [1.82, 2.24) is 4.98 Å². The highest BCUT2D eigenvalue weighted by atomic mass is 14.8. The van der Waals surface area contributed by atoms with Crippen LogP contribution in [-0.2, 0) is 0 Å². The van der Waals surface area contributed by atoms with E-state index in [0.29, 0.717) is 5.92 Å². The first-order valence-electron chi connectivity index (χ1n) is 6.49. The lowest BCUT2D eigenvalue weighted by molar-refractivity contribution is 0.194. The zero-order valence-corrected chi connectivity index (χ0v) is 10.1. The highest BCUT2D eigenvalue weighted by Gasteiger charge is 2.29. The summed E-state index contributed by atoms with van der Waals surface area (Å²) in [5.74, 6) is 1.43. The van der Waals surface area contributed by atoms with Crippen molar-refractivity contribution in [3.63, 3.8) is 0 Å². The van der Waals surface area contributed by atoms with Crippen molar-refractivity contribution < 1.29 is 0 Å². The molecule has 88 valence electrons. The fraction of sp³-hybridized carbons (Fsp3) is 0.643. The van der Waals surface area contributed by atoms with Crippen molar-refractivity contribution in [3.8, 4) is 0 Å². The molecule has 1 aliphatic rings. The molecule has 1 aromatic rings. The van der Waals surface area contributed by atoms with Gasteiger partial charge in [-0.1, -0.05) is 38.7 Å². The molecule has 3 atom stereocenters. The average Bonchev–Trinajstić information content (AvgIpc) is 2.39. The number of nitrogens with zero attached hydrogens (tertiary/aromatic N) is 1. The minimum atomic E-state index is 0.131. The van der Waals surface area contributed by atoms with Gasteiger partial charge in [0.2, 0.25) is 0 Å². The summed E-state index contributed by atoms with van der Waals surface area (Å²) in [5, 5.41) is 0. The van der Waals surface area contributed by atoms with Crippen LogP contribution in [0.1, 0.15) is 50.8 Å². The lowest BCUT2D eigenvalue weighted by Gasteiger charge is -2.34. The van der Waals surface area contributed by atoms with Crippen molar-refractivity contribution in [2.75, 3.05) is 0 Å². The molecule has 0 bridgehead atoms. The first-order chi connectivity index (χ1) is 7.83. The van der Waals surface area contributed by atoms with E-state index in [4.69, 9.17) is 5.73 Å². The van der Waals surface area contributed by atoms with Crippen molar-refractivity contribution in [1.29, 1.82) is 0 Å². The van der Waals surface area contributed by atoms with Gasteiger partial charge in [0.1, 0.15) is 0 Å². The van der Waals surface area contributed by atoms with Crippen LogP contribution in [0.25, 0.3) is 0 Å². The Morgan fingerprint density at radius 1 is 1.38 bits per heavy atom. The molecule has 16 heavy (non-hydrogen) atoms. The molecule has 2 heteroatoms. The Morgan fingerprint density at radius 2 is 2.19 bits per heavy atom. The molecule has 1 aromatic heterocycles. The first kappa shape index (κ1) is 11.6. The molecule has 1 aliphatic carbocycles. The molecule has 1 saturated carbocycles. The van der Waals surface area contributed by atoms with Gasteiger partial charge in [-0.05, 0) is 30.4 Å². The molecular weight excluding hydrogens is 196 g/mol. The minimum absolute atomic E-state index is 0.131. The van der Waals surface area contributed by atoms with Gasteiger partial charge in [0.15, 0.2) is 0 Å². The Hall–Kier alpha value is -0.890. The topological polar surface area (TPSA) is 38.9 Å². The molecular formula is C14H22N2. The fourth-order valence-electron chi connectivity index (χ4n) is 3.01. The maximum absolute atomic E-state index is 6.37. The second-order valence-electron chi connectivity index (χ2n) is 4.90. The van der Waals surface area contributed by atoms with E-state index < -0.39 is 0 Å². The number of rotatable bonds is 3. The maximum atomic E-state index is 6.37. The molecule has 0 radical (unpaired) electrons. The van der Waals surface area contributed by atoms with E-state index in [9.17, 15) is 0 Å². The third-order valence-corrected chi connectivity index (χ3v) is 3.98. The van der Waals surface area contributed by atoms with Crippen LogP contribution in [-0.4, -0.2) is 4.98 Å². The predicted molar refractivity (Wildman–Crippen MR) is 66.9 cm³/mol. The Kier molecular flexibility index (Phi) is 3.94. The summed E-state index contributed by atoms with van der Waals surface area (Å²) in [6.45, 7) is 2.29. The molecule has 2 N–H and O–H groups in total. The Bertz CT molecular complexity index is 310. The van der Waals surface area contributed by atoms with Crippen molar-refractivity contribution in [3.05, 3.63) is 30.1 Å².